The van der Waals surface area contributed by atoms with Crippen LogP contribution in [-0.2, 0) is 9.84 Å². The highest BCUT2D eigenvalue weighted by molar-refractivity contribution is 7.91. The van der Waals surface area contributed by atoms with Crippen molar-refractivity contribution < 1.29 is 18.9 Å². The summed E-state index contributed by atoms with van der Waals surface area (Å²) in [6.45, 7) is 0.266. The van der Waals surface area contributed by atoms with E-state index >= 15 is 0 Å². The summed E-state index contributed by atoms with van der Waals surface area (Å²) in [5.41, 5.74) is 4.68. The third-order valence-corrected chi connectivity index (χ3v) is 6.36. The normalized spacial score (nSPS) is 12.9. The van der Waals surface area contributed by atoms with E-state index in [0.29, 0.717) is 5.75 Å². The zero-order valence-corrected chi connectivity index (χ0v) is 14.3. The van der Waals surface area contributed by atoms with Crippen LogP contribution in [0.25, 0.3) is 10.8 Å². The Hall–Kier alpha value is -2.37. The first-order chi connectivity index (χ1) is 11.6. The summed E-state index contributed by atoms with van der Waals surface area (Å²) in [5, 5.41) is 1.29. The molecule has 5 heteroatoms. The van der Waals surface area contributed by atoms with Crippen LogP contribution in [0, 0.1) is 0 Å². The molecule has 3 aromatic rings. The molecule has 3 N–H and O–H groups in total. The van der Waals surface area contributed by atoms with Gasteiger partial charge in [-0.1, -0.05) is 42.5 Å². The van der Waals surface area contributed by atoms with Crippen molar-refractivity contribution >= 4 is 20.6 Å². The Labute approximate surface area is 141 Å². The van der Waals surface area contributed by atoms with Gasteiger partial charge >= 0.3 is 0 Å². The number of ether oxygens (including phenoxy) is 1. The number of benzene rings is 3. The van der Waals surface area contributed by atoms with Crippen molar-refractivity contribution in [3.8, 4) is 5.75 Å². The van der Waals surface area contributed by atoms with Crippen LogP contribution in [-0.4, -0.2) is 22.1 Å². The maximum absolute atomic E-state index is 13.1. The van der Waals surface area contributed by atoms with Crippen LogP contribution in [0.3, 0.4) is 0 Å². The van der Waals surface area contributed by atoms with Gasteiger partial charge in [0.15, 0.2) is 9.84 Å². The van der Waals surface area contributed by atoms with Crippen LogP contribution in [0.5, 0.6) is 5.75 Å². The van der Waals surface area contributed by atoms with E-state index in [1.807, 2.05) is 42.5 Å². The van der Waals surface area contributed by atoms with Crippen LogP contribution in [0.15, 0.2) is 71.6 Å². The number of hydrogen-bond acceptors (Lipinski definition) is 3. The number of methoxy groups -OCH3 is 1. The average Bonchev–Trinajstić information content (AvgIpc) is 2.62. The van der Waals surface area contributed by atoms with Gasteiger partial charge in [-0.05, 0) is 40.6 Å². The van der Waals surface area contributed by atoms with E-state index in [4.69, 9.17) is 4.74 Å². The van der Waals surface area contributed by atoms with Crippen LogP contribution in [0.4, 0.5) is 0 Å². The first-order valence-electron chi connectivity index (χ1n) is 7.73. The molecule has 0 amide bonds. The molecule has 24 heavy (non-hydrogen) atoms. The van der Waals surface area contributed by atoms with E-state index < -0.39 is 15.1 Å². The average molecular weight is 342 g/mol. The fraction of sp³-hybridized carbons (Fsp3) is 0.158. The molecule has 0 spiro atoms. The Balaban J connectivity index is 2.12. The zero-order chi connectivity index (χ0) is 17.2. The minimum Gasteiger partial charge on any atom is -0.497 e. The summed E-state index contributed by atoms with van der Waals surface area (Å²) in [7, 11) is -1.98. The van der Waals surface area contributed by atoms with Crippen molar-refractivity contribution in [2.75, 3.05) is 13.7 Å². The molecule has 0 radical (unpaired) electrons. The Kier molecular flexibility index (Phi) is 4.55. The maximum atomic E-state index is 13.1. The molecular weight excluding hydrogens is 322 g/mol. The fourth-order valence-corrected chi connectivity index (χ4v) is 4.63. The van der Waals surface area contributed by atoms with Gasteiger partial charge in [-0.25, -0.2) is 8.42 Å². The summed E-state index contributed by atoms with van der Waals surface area (Å²) in [4.78, 5) is 0.282. The first kappa shape index (κ1) is 16.5. The van der Waals surface area contributed by atoms with Crippen molar-refractivity contribution in [2.45, 2.75) is 10.1 Å². The molecule has 0 heterocycles. The third kappa shape index (κ3) is 2.88. The lowest BCUT2D eigenvalue weighted by molar-refractivity contribution is -0.367. The van der Waals surface area contributed by atoms with Crippen molar-refractivity contribution in [1.29, 1.82) is 0 Å². The Morgan fingerprint density at radius 3 is 2.29 bits per heavy atom. The quantitative estimate of drug-likeness (QED) is 0.775. The molecule has 0 aromatic heterocycles. The minimum absolute atomic E-state index is 0.266. The monoisotopic (exact) mass is 342 g/mol. The van der Waals surface area contributed by atoms with Crippen molar-refractivity contribution in [1.82, 2.24) is 0 Å². The number of rotatable bonds is 5. The predicted molar refractivity (Wildman–Crippen MR) is 94.6 cm³/mol. The van der Waals surface area contributed by atoms with Gasteiger partial charge in [0, 0.05) is 0 Å². The Morgan fingerprint density at radius 2 is 1.62 bits per heavy atom. The second-order valence-corrected chi connectivity index (χ2v) is 7.70. The molecule has 4 nitrogen and oxygen atoms in total. The second kappa shape index (κ2) is 6.63. The number of hydrogen-bond donors (Lipinski definition) is 1. The summed E-state index contributed by atoms with van der Waals surface area (Å²) in [6, 6.07) is 20.1. The van der Waals surface area contributed by atoms with Gasteiger partial charge in [0.2, 0.25) is 0 Å². The van der Waals surface area contributed by atoms with Crippen molar-refractivity contribution in [2.24, 2.45) is 0 Å². The maximum Gasteiger partial charge on any atom is 0.190 e. The molecule has 0 saturated carbocycles. The highest BCUT2D eigenvalue weighted by atomic mass is 32.2. The van der Waals surface area contributed by atoms with Gasteiger partial charge in [-0.15, -0.1) is 0 Å². The molecule has 0 aliphatic carbocycles. The van der Waals surface area contributed by atoms with Gasteiger partial charge in [-0.3, -0.25) is 0 Å². The second-order valence-electron chi connectivity index (χ2n) is 5.57. The van der Waals surface area contributed by atoms with Gasteiger partial charge in [0.25, 0.3) is 0 Å². The van der Waals surface area contributed by atoms with E-state index in [2.05, 4.69) is 5.73 Å². The molecule has 3 rings (SSSR count). The molecule has 0 bridgehead atoms. The number of fused-ring (bicyclic) bond motifs is 1. The van der Waals surface area contributed by atoms with Crippen LogP contribution < -0.4 is 10.5 Å². The van der Waals surface area contributed by atoms with E-state index in [1.165, 1.54) is 0 Å². The summed E-state index contributed by atoms with van der Waals surface area (Å²) < 4.78 is 31.4. The molecule has 3 aromatic carbocycles. The standard InChI is InChI=1S/C19H19NO3S/c1-23-15-9-11-16(12-10-15)24(21,22)19(13-20)18-8-4-6-14-5-2-3-7-17(14)18/h2-12,19H,13,20H2,1H3/p+1/t19-/m0/s1. The van der Waals surface area contributed by atoms with Gasteiger partial charge < -0.3 is 10.5 Å². The van der Waals surface area contributed by atoms with E-state index in [1.54, 1.807) is 31.4 Å². The topological polar surface area (TPSA) is 71.0 Å². The molecule has 0 aliphatic heterocycles. The number of quaternary nitrogens is 1. The van der Waals surface area contributed by atoms with E-state index in [-0.39, 0.29) is 11.4 Å². The summed E-state index contributed by atoms with van der Waals surface area (Å²) >= 11 is 0. The molecule has 0 unspecified atom stereocenters. The smallest absolute Gasteiger partial charge is 0.190 e. The predicted octanol–water partition coefficient (Wildman–Crippen LogP) is 2.61. The van der Waals surface area contributed by atoms with Crippen LogP contribution >= 0.6 is 0 Å². The number of sulfone groups is 1. The Bertz CT molecular complexity index is 945. The molecule has 1 atom stereocenters. The van der Waals surface area contributed by atoms with Gasteiger partial charge in [-0.2, -0.15) is 0 Å². The molecular formula is C19H20NO3S+. The zero-order valence-electron chi connectivity index (χ0n) is 13.5. The minimum atomic E-state index is -3.54. The Morgan fingerprint density at radius 1 is 0.958 bits per heavy atom. The molecule has 0 saturated heterocycles. The van der Waals surface area contributed by atoms with E-state index in [0.717, 1.165) is 16.3 Å². The van der Waals surface area contributed by atoms with Crippen LogP contribution in [0.1, 0.15) is 10.8 Å². The highest BCUT2D eigenvalue weighted by Crippen LogP contribution is 2.33. The highest BCUT2D eigenvalue weighted by Gasteiger charge is 2.30. The summed E-state index contributed by atoms with van der Waals surface area (Å²) in [5.74, 6) is 0.630. The third-order valence-electron chi connectivity index (χ3n) is 4.19. The molecule has 0 aliphatic rings. The lowest BCUT2D eigenvalue weighted by Gasteiger charge is -2.17. The fourth-order valence-electron chi connectivity index (χ4n) is 2.94. The lowest BCUT2D eigenvalue weighted by Crippen LogP contribution is -2.54. The summed E-state index contributed by atoms with van der Waals surface area (Å²) in [6.07, 6.45) is 0. The van der Waals surface area contributed by atoms with Gasteiger partial charge in [0.05, 0.1) is 18.6 Å². The van der Waals surface area contributed by atoms with Crippen molar-refractivity contribution in [3.63, 3.8) is 0 Å². The van der Waals surface area contributed by atoms with Crippen LogP contribution in [0.2, 0.25) is 0 Å². The van der Waals surface area contributed by atoms with E-state index in [9.17, 15) is 8.42 Å². The molecule has 0 fully saturated rings. The first-order valence-corrected chi connectivity index (χ1v) is 9.27. The van der Waals surface area contributed by atoms with Gasteiger partial charge in [0.1, 0.15) is 11.0 Å². The van der Waals surface area contributed by atoms with Crippen molar-refractivity contribution in [3.05, 3.63) is 72.3 Å². The SMILES string of the molecule is COc1ccc(S(=O)(=O)[C@@H](C[NH3+])c2cccc3ccccc23)cc1. The largest absolute Gasteiger partial charge is 0.497 e. The lowest BCUT2D eigenvalue weighted by atomic mass is 10.0. The molecule has 124 valence electrons.